The van der Waals surface area contributed by atoms with Gasteiger partial charge in [-0.2, -0.15) is 0 Å². The fourth-order valence-corrected chi connectivity index (χ4v) is 3.73. The minimum atomic E-state index is 0.194. The van der Waals surface area contributed by atoms with Gasteiger partial charge in [-0.05, 0) is 37.6 Å². The molecule has 4 rings (SSSR count). The van der Waals surface area contributed by atoms with E-state index in [1.165, 1.54) is 4.88 Å². The molecule has 1 aromatic carbocycles. The number of anilines is 3. The molecular formula is C17H16N4OS. The molecule has 1 fully saturated rings. The summed E-state index contributed by atoms with van der Waals surface area (Å²) in [5, 5.41) is 4.38. The molecule has 0 saturated carbocycles. The Bertz CT molecular complexity index is 889. The van der Waals surface area contributed by atoms with Gasteiger partial charge in [0.1, 0.15) is 17.0 Å². The van der Waals surface area contributed by atoms with Gasteiger partial charge in [0.05, 0.1) is 5.39 Å². The summed E-state index contributed by atoms with van der Waals surface area (Å²) in [6.45, 7) is 2.86. The molecule has 1 saturated heterocycles. The number of hydrogen-bond donors (Lipinski definition) is 1. The van der Waals surface area contributed by atoms with Crippen molar-refractivity contribution in [3.8, 4) is 0 Å². The van der Waals surface area contributed by atoms with Gasteiger partial charge >= 0.3 is 0 Å². The molecule has 1 N–H and O–H groups in total. The third kappa shape index (κ3) is 2.66. The van der Waals surface area contributed by atoms with Crippen LogP contribution in [0.25, 0.3) is 10.2 Å². The van der Waals surface area contributed by atoms with Gasteiger partial charge in [-0.25, -0.2) is 9.97 Å². The lowest BCUT2D eigenvalue weighted by molar-refractivity contribution is -0.117. The molecule has 1 aliphatic heterocycles. The Labute approximate surface area is 138 Å². The average molecular weight is 324 g/mol. The Morgan fingerprint density at radius 1 is 1.26 bits per heavy atom. The number of benzene rings is 1. The number of aromatic nitrogens is 2. The highest BCUT2D eigenvalue weighted by Crippen LogP contribution is 2.31. The van der Waals surface area contributed by atoms with Crippen LogP contribution < -0.4 is 10.2 Å². The van der Waals surface area contributed by atoms with Gasteiger partial charge < -0.3 is 10.2 Å². The van der Waals surface area contributed by atoms with Crippen molar-refractivity contribution in [2.45, 2.75) is 19.8 Å². The van der Waals surface area contributed by atoms with Crippen molar-refractivity contribution in [3.05, 3.63) is 41.5 Å². The maximum atomic E-state index is 11.9. The first-order chi connectivity index (χ1) is 11.2. The van der Waals surface area contributed by atoms with Crippen molar-refractivity contribution < 1.29 is 4.79 Å². The Balaban J connectivity index is 1.67. The van der Waals surface area contributed by atoms with Gasteiger partial charge in [-0.1, -0.05) is 6.07 Å². The Morgan fingerprint density at radius 2 is 2.17 bits per heavy atom. The lowest BCUT2D eigenvalue weighted by Gasteiger charge is -2.17. The van der Waals surface area contributed by atoms with E-state index in [-0.39, 0.29) is 5.91 Å². The fraction of sp³-hybridized carbons (Fsp3) is 0.235. The zero-order chi connectivity index (χ0) is 15.8. The van der Waals surface area contributed by atoms with E-state index >= 15 is 0 Å². The molecule has 0 bridgehead atoms. The van der Waals surface area contributed by atoms with Gasteiger partial charge in [-0.3, -0.25) is 4.79 Å². The molecule has 2 aromatic heterocycles. The van der Waals surface area contributed by atoms with Crippen LogP contribution in [0, 0.1) is 6.92 Å². The zero-order valence-electron chi connectivity index (χ0n) is 12.7. The van der Waals surface area contributed by atoms with E-state index in [0.29, 0.717) is 6.42 Å². The Hall–Kier alpha value is -2.47. The first-order valence-corrected chi connectivity index (χ1v) is 8.41. The first kappa shape index (κ1) is 14.1. The van der Waals surface area contributed by atoms with Crippen LogP contribution in [0.1, 0.15) is 17.7 Å². The lowest BCUT2D eigenvalue weighted by atomic mass is 10.2. The summed E-state index contributed by atoms with van der Waals surface area (Å²) in [6.07, 6.45) is 3.14. The number of rotatable bonds is 3. The Morgan fingerprint density at radius 3 is 3.00 bits per heavy atom. The molecule has 3 aromatic rings. The average Bonchev–Trinajstić information content (AvgIpc) is 3.13. The second kappa shape index (κ2) is 5.62. The van der Waals surface area contributed by atoms with Gasteiger partial charge in [0, 0.05) is 29.2 Å². The van der Waals surface area contributed by atoms with Crippen molar-refractivity contribution >= 4 is 44.7 Å². The standard InChI is InChI=1S/C17H16N4OS/c1-11-8-14-16(18-10-19-17(14)23-11)20-12-4-2-5-13(9-12)21-7-3-6-15(21)22/h2,4-5,8-10H,3,6-7H2,1H3,(H,18,19,20). The lowest BCUT2D eigenvalue weighted by Crippen LogP contribution is -2.23. The second-order valence-electron chi connectivity index (χ2n) is 5.62. The molecule has 0 unspecified atom stereocenters. The normalized spacial score (nSPS) is 14.7. The minimum absolute atomic E-state index is 0.194. The second-order valence-corrected chi connectivity index (χ2v) is 6.86. The molecule has 0 aliphatic carbocycles. The van der Waals surface area contributed by atoms with Crippen LogP contribution in [0.5, 0.6) is 0 Å². The van der Waals surface area contributed by atoms with Crippen LogP contribution in [0.2, 0.25) is 0 Å². The summed E-state index contributed by atoms with van der Waals surface area (Å²) in [6, 6.07) is 10.0. The molecule has 0 spiro atoms. The highest BCUT2D eigenvalue weighted by Gasteiger charge is 2.21. The number of nitrogens with zero attached hydrogens (tertiary/aromatic N) is 3. The molecule has 0 atom stereocenters. The van der Waals surface area contributed by atoms with Crippen LogP contribution in [0.3, 0.4) is 0 Å². The fourth-order valence-electron chi connectivity index (χ4n) is 2.89. The van der Waals surface area contributed by atoms with Gasteiger partial charge in [0.2, 0.25) is 5.91 Å². The number of fused-ring (bicyclic) bond motifs is 1. The smallest absolute Gasteiger partial charge is 0.227 e. The summed E-state index contributed by atoms with van der Waals surface area (Å²) in [5.74, 6) is 0.990. The van der Waals surface area contributed by atoms with E-state index < -0.39 is 0 Å². The van der Waals surface area contributed by atoms with E-state index in [1.54, 1.807) is 17.7 Å². The molecule has 116 valence electrons. The highest BCUT2D eigenvalue weighted by molar-refractivity contribution is 7.18. The van der Waals surface area contributed by atoms with Crippen LogP contribution >= 0.6 is 11.3 Å². The first-order valence-electron chi connectivity index (χ1n) is 7.59. The maximum Gasteiger partial charge on any atom is 0.227 e. The van der Waals surface area contributed by atoms with Gasteiger partial charge in [-0.15, -0.1) is 11.3 Å². The van der Waals surface area contributed by atoms with Crippen LogP contribution in [-0.2, 0) is 4.79 Å². The monoisotopic (exact) mass is 324 g/mol. The topological polar surface area (TPSA) is 58.1 Å². The van der Waals surface area contributed by atoms with E-state index in [0.717, 1.165) is 40.4 Å². The van der Waals surface area contributed by atoms with E-state index in [2.05, 4.69) is 28.3 Å². The highest BCUT2D eigenvalue weighted by atomic mass is 32.1. The third-order valence-electron chi connectivity index (χ3n) is 3.95. The van der Waals surface area contributed by atoms with Crippen molar-refractivity contribution in [1.29, 1.82) is 0 Å². The molecule has 5 nitrogen and oxygen atoms in total. The molecule has 23 heavy (non-hydrogen) atoms. The predicted octanol–water partition coefficient (Wildman–Crippen LogP) is 3.87. The van der Waals surface area contributed by atoms with E-state index in [4.69, 9.17) is 0 Å². The number of aryl methyl sites for hydroxylation is 1. The summed E-state index contributed by atoms with van der Waals surface area (Å²) in [5.41, 5.74) is 1.86. The number of nitrogens with one attached hydrogen (secondary N) is 1. The minimum Gasteiger partial charge on any atom is -0.340 e. The number of carbonyl (C=O) groups excluding carboxylic acids is 1. The number of thiophene rings is 1. The van der Waals surface area contributed by atoms with Gasteiger partial charge in [0.15, 0.2) is 0 Å². The third-order valence-corrected chi connectivity index (χ3v) is 4.91. The SMILES string of the molecule is Cc1cc2c(Nc3cccc(N4CCCC4=O)c3)ncnc2s1. The Kier molecular flexibility index (Phi) is 3.46. The summed E-state index contributed by atoms with van der Waals surface area (Å²) in [7, 11) is 0. The number of carbonyl (C=O) groups is 1. The zero-order valence-corrected chi connectivity index (χ0v) is 13.6. The van der Waals surface area contributed by atoms with Crippen LogP contribution in [-0.4, -0.2) is 22.4 Å². The molecule has 0 radical (unpaired) electrons. The van der Waals surface area contributed by atoms with Crippen molar-refractivity contribution in [2.75, 3.05) is 16.8 Å². The molecule has 1 amide bonds. The molecular weight excluding hydrogens is 308 g/mol. The van der Waals surface area contributed by atoms with E-state index in [9.17, 15) is 4.79 Å². The number of hydrogen-bond acceptors (Lipinski definition) is 5. The van der Waals surface area contributed by atoms with E-state index in [1.807, 2.05) is 29.2 Å². The van der Waals surface area contributed by atoms with Crippen LogP contribution in [0.15, 0.2) is 36.7 Å². The maximum absolute atomic E-state index is 11.9. The van der Waals surface area contributed by atoms with Gasteiger partial charge in [0.25, 0.3) is 0 Å². The molecule has 1 aliphatic rings. The largest absolute Gasteiger partial charge is 0.340 e. The predicted molar refractivity (Wildman–Crippen MR) is 93.5 cm³/mol. The summed E-state index contributed by atoms with van der Waals surface area (Å²) in [4.78, 5) is 24.6. The van der Waals surface area contributed by atoms with Crippen molar-refractivity contribution in [2.24, 2.45) is 0 Å². The molecule has 3 heterocycles. The van der Waals surface area contributed by atoms with Crippen molar-refractivity contribution in [3.63, 3.8) is 0 Å². The summed E-state index contributed by atoms with van der Waals surface area (Å²) >= 11 is 1.66. The number of amides is 1. The summed E-state index contributed by atoms with van der Waals surface area (Å²) < 4.78 is 0. The van der Waals surface area contributed by atoms with Crippen LogP contribution in [0.4, 0.5) is 17.2 Å². The quantitative estimate of drug-likeness (QED) is 0.794. The van der Waals surface area contributed by atoms with Crippen molar-refractivity contribution in [1.82, 2.24) is 9.97 Å². The molecule has 6 heteroatoms.